The smallest absolute Gasteiger partial charge is 0.251 e. The van der Waals surface area contributed by atoms with Crippen molar-refractivity contribution in [3.05, 3.63) is 29.3 Å². The molecule has 0 aromatic heterocycles. The van der Waals surface area contributed by atoms with Gasteiger partial charge >= 0.3 is 0 Å². The van der Waals surface area contributed by atoms with E-state index in [1.54, 1.807) is 0 Å². The number of aryl methyl sites for hydroxylation is 1. The van der Waals surface area contributed by atoms with E-state index in [-0.39, 0.29) is 11.9 Å². The topological polar surface area (TPSA) is 41.6 Å². The van der Waals surface area contributed by atoms with Crippen molar-refractivity contribution in [1.82, 2.24) is 5.32 Å². The molecule has 1 heterocycles. The maximum atomic E-state index is 12.0. The Hall–Kier alpha value is -1.55. The Morgan fingerprint density at radius 1 is 1.32 bits per heavy atom. The lowest BCUT2D eigenvalue weighted by atomic mass is 10.1. The van der Waals surface area contributed by atoms with Gasteiger partial charge in [0.25, 0.3) is 5.91 Å². The van der Waals surface area contributed by atoms with Crippen LogP contribution in [0.2, 0.25) is 0 Å². The first-order chi connectivity index (χ1) is 9.08. The maximum absolute atomic E-state index is 12.0. The zero-order valence-electron chi connectivity index (χ0n) is 11.9. The average Bonchev–Trinajstić information content (AvgIpc) is 2.38. The summed E-state index contributed by atoms with van der Waals surface area (Å²) in [6.07, 6.45) is 0. The summed E-state index contributed by atoms with van der Waals surface area (Å²) in [6, 6.07) is 6.18. The Labute approximate surface area is 114 Å². The van der Waals surface area contributed by atoms with E-state index in [4.69, 9.17) is 4.74 Å². The molecule has 0 saturated carbocycles. The average molecular weight is 262 g/mol. The molecule has 1 aliphatic rings. The number of nitrogens with zero attached hydrogens (tertiary/aromatic N) is 1. The minimum atomic E-state index is 0.000951. The molecule has 0 aliphatic carbocycles. The van der Waals surface area contributed by atoms with Gasteiger partial charge in [0.1, 0.15) is 0 Å². The number of amides is 1. The van der Waals surface area contributed by atoms with Crippen LogP contribution in [0.1, 0.15) is 29.8 Å². The fraction of sp³-hybridized carbons (Fsp3) is 0.533. The number of anilines is 1. The van der Waals surface area contributed by atoms with Crippen molar-refractivity contribution in [1.29, 1.82) is 0 Å². The molecule has 1 aromatic rings. The largest absolute Gasteiger partial charge is 0.378 e. The van der Waals surface area contributed by atoms with Gasteiger partial charge in [-0.2, -0.15) is 0 Å². The van der Waals surface area contributed by atoms with Gasteiger partial charge in [0.05, 0.1) is 13.2 Å². The second kappa shape index (κ2) is 6.06. The number of morpholine rings is 1. The first-order valence-electron chi connectivity index (χ1n) is 6.82. The van der Waals surface area contributed by atoms with Gasteiger partial charge in [0.2, 0.25) is 0 Å². The molecule has 0 unspecified atom stereocenters. The third-order valence-corrected chi connectivity index (χ3v) is 3.25. The Kier molecular flexibility index (Phi) is 4.43. The van der Waals surface area contributed by atoms with E-state index >= 15 is 0 Å². The fourth-order valence-electron chi connectivity index (χ4n) is 2.26. The molecule has 4 heteroatoms. The highest BCUT2D eigenvalue weighted by atomic mass is 16.5. The highest BCUT2D eigenvalue weighted by Gasteiger charge is 2.14. The number of nitrogens with one attached hydrogen (secondary N) is 1. The second-order valence-corrected chi connectivity index (χ2v) is 5.23. The molecule has 0 bridgehead atoms. The number of benzene rings is 1. The molecule has 19 heavy (non-hydrogen) atoms. The predicted octanol–water partition coefficient (Wildman–Crippen LogP) is 1.97. The third-order valence-electron chi connectivity index (χ3n) is 3.25. The molecule has 1 fully saturated rings. The van der Waals surface area contributed by atoms with Crippen molar-refractivity contribution in [3.63, 3.8) is 0 Å². The molecule has 4 nitrogen and oxygen atoms in total. The number of carbonyl (C=O) groups excluding carboxylic acids is 1. The Morgan fingerprint density at radius 2 is 2.00 bits per heavy atom. The summed E-state index contributed by atoms with van der Waals surface area (Å²) in [4.78, 5) is 14.3. The Balaban J connectivity index is 2.14. The van der Waals surface area contributed by atoms with E-state index in [9.17, 15) is 4.79 Å². The van der Waals surface area contributed by atoms with Crippen LogP contribution in [-0.4, -0.2) is 38.3 Å². The third kappa shape index (κ3) is 3.47. The van der Waals surface area contributed by atoms with Crippen LogP contribution in [0.4, 0.5) is 5.69 Å². The van der Waals surface area contributed by atoms with Crippen molar-refractivity contribution in [2.45, 2.75) is 26.8 Å². The normalized spacial score (nSPS) is 15.7. The van der Waals surface area contributed by atoms with Gasteiger partial charge in [0, 0.05) is 30.4 Å². The molecule has 104 valence electrons. The summed E-state index contributed by atoms with van der Waals surface area (Å²) in [6.45, 7) is 9.29. The number of hydrogen-bond acceptors (Lipinski definition) is 3. The van der Waals surface area contributed by atoms with Gasteiger partial charge in [-0.15, -0.1) is 0 Å². The lowest BCUT2D eigenvalue weighted by Crippen LogP contribution is -2.36. The summed E-state index contributed by atoms with van der Waals surface area (Å²) < 4.78 is 5.35. The van der Waals surface area contributed by atoms with Gasteiger partial charge in [0.15, 0.2) is 0 Å². The molecule has 2 rings (SSSR count). The summed E-state index contributed by atoms with van der Waals surface area (Å²) in [5.41, 5.74) is 2.94. The van der Waals surface area contributed by atoms with Crippen LogP contribution in [0.25, 0.3) is 0 Å². The maximum Gasteiger partial charge on any atom is 0.251 e. The molecule has 0 spiro atoms. The van der Waals surface area contributed by atoms with E-state index < -0.39 is 0 Å². The zero-order valence-corrected chi connectivity index (χ0v) is 11.9. The first-order valence-corrected chi connectivity index (χ1v) is 6.82. The van der Waals surface area contributed by atoms with Crippen molar-refractivity contribution in [2.75, 3.05) is 31.2 Å². The summed E-state index contributed by atoms with van der Waals surface area (Å²) in [7, 11) is 0. The minimum absolute atomic E-state index is 0.000951. The molecule has 0 atom stereocenters. The number of rotatable bonds is 3. The summed E-state index contributed by atoms with van der Waals surface area (Å²) in [5, 5.41) is 2.93. The molecule has 1 aliphatic heterocycles. The van der Waals surface area contributed by atoms with Crippen LogP contribution < -0.4 is 10.2 Å². The van der Waals surface area contributed by atoms with E-state index in [0.29, 0.717) is 0 Å². The molecule has 0 radical (unpaired) electrons. The minimum Gasteiger partial charge on any atom is -0.378 e. The van der Waals surface area contributed by atoms with Crippen LogP contribution in [0.3, 0.4) is 0 Å². The fourth-order valence-corrected chi connectivity index (χ4v) is 2.26. The molecule has 1 aromatic carbocycles. The highest BCUT2D eigenvalue weighted by Crippen LogP contribution is 2.20. The summed E-state index contributed by atoms with van der Waals surface area (Å²) >= 11 is 0. The standard InChI is InChI=1S/C15H22N2O2/c1-11(2)16-15(18)14-5-4-13(10-12(14)3)17-6-8-19-9-7-17/h4-5,10-11H,6-9H2,1-3H3,(H,16,18). The zero-order chi connectivity index (χ0) is 13.8. The molecular formula is C15H22N2O2. The van der Waals surface area contributed by atoms with Crippen molar-refractivity contribution >= 4 is 11.6 Å². The monoisotopic (exact) mass is 262 g/mol. The lowest BCUT2D eigenvalue weighted by molar-refractivity contribution is 0.0942. The van der Waals surface area contributed by atoms with Crippen molar-refractivity contribution in [3.8, 4) is 0 Å². The van der Waals surface area contributed by atoms with Crippen molar-refractivity contribution < 1.29 is 9.53 Å². The lowest BCUT2D eigenvalue weighted by Gasteiger charge is -2.29. The van der Waals surface area contributed by atoms with E-state index in [1.165, 1.54) is 5.69 Å². The molecule has 1 N–H and O–H groups in total. The van der Waals surface area contributed by atoms with Crippen LogP contribution in [0, 0.1) is 6.92 Å². The van der Waals surface area contributed by atoms with Crippen LogP contribution in [0.15, 0.2) is 18.2 Å². The first kappa shape index (κ1) is 13.9. The van der Waals surface area contributed by atoms with Gasteiger partial charge in [-0.1, -0.05) is 0 Å². The van der Waals surface area contributed by atoms with Gasteiger partial charge in [-0.05, 0) is 44.5 Å². The van der Waals surface area contributed by atoms with Crippen LogP contribution in [-0.2, 0) is 4.74 Å². The number of carbonyl (C=O) groups is 1. The molecule has 1 amide bonds. The van der Waals surface area contributed by atoms with Crippen LogP contribution in [0.5, 0.6) is 0 Å². The SMILES string of the molecule is Cc1cc(N2CCOCC2)ccc1C(=O)NC(C)C. The van der Waals surface area contributed by atoms with Crippen molar-refractivity contribution in [2.24, 2.45) is 0 Å². The van der Waals surface area contributed by atoms with Gasteiger partial charge in [-0.25, -0.2) is 0 Å². The summed E-state index contributed by atoms with van der Waals surface area (Å²) in [5.74, 6) is 0.000951. The molecular weight excluding hydrogens is 240 g/mol. The Morgan fingerprint density at radius 3 is 2.58 bits per heavy atom. The van der Waals surface area contributed by atoms with Crippen LogP contribution >= 0.6 is 0 Å². The van der Waals surface area contributed by atoms with E-state index in [0.717, 1.165) is 37.4 Å². The second-order valence-electron chi connectivity index (χ2n) is 5.23. The predicted molar refractivity (Wildman–Crippen MR) is 76.8 cm³/mol. The van der Waals surface area contributed by atoms with Gasteiger partial charge < -0.3 is 15.0 Å². The van der Waals surface area contributed by atoms with Gasteiger partial charge in [-0.3, -0.25) is 4.79 Å². The molecule has 1 saturated heterocycles. The highest BCUT2D eigenvalue weighted by molar-refractivity contribution is 5.96. The number of ether oxygens (including phenoxy) is 1. The van der Waals surface area contributed by atoms with E-state index in [2.05, 4.69) is 16.3 Å². The number of hydrogen-bond donors (Lipinski definition) is 1. The Bertz CT molecular complexity index is 451. The van der Waals surface area contributed by atoms with E-state index in [1.807, 2.05) is 32.9 Å². The quantitative estimate of drug-likeness (QED) is 0.905.